The third-order valence-corrected chi connectivity index (χ3v) is 6.89. The largest absolute Gasteiger partial charge is 0.244 e. The number of hydrogen-bond acceptors (Lipinski definition) is 4. The highest BCUT2D eigenvalue weighted by Gasteiger charge is 2.35. The Bertz CT molecular complexity index is 713. The van der Waals surface area contributed by atoms with Gasteiger partial charge in [-0.15, -0.1) is 0 Å². The summed E-state index contributed by atoms with van der Waals surface area (Å²) < 4.78 is 50.3. The molecule has 1 fully saturated rings. The summed E-state index contributed by atoms with van der Waals surface area (Å²) in [5.74, 6) is 0. The molecule has 0 spiro atoms. The lowest BCUT2D eigenvalue weighted by Crippen LogP contribution is -2.43. The Balaban J connectivity index is 2.55. The Hall–Kier alpha value is -0.960. The van der Waals surface area contributed by atoms with Crippen LogP contribution in [-0.2, 0) is 20.0 Å². The number of sulfonamides is 2. The van der Waals surface area contributed by atoms with E-state index in [0.717, 1.165) is 19.3 Å². The molecule has 0 radical (unpaired) electrons. The molecule has 1 aliphatic rings. The van der Waals surface area contributed by atoms with Crippen LogP contribution in [0.2, 0.25) is 0 Å². The predicted molar refractivity (Wildman–Crippen MR) is 79.6 cm³/mol. The molecule has 1 heterocycles. The second-order valence-electron chi connectivity index (χ2n) is 5.17. The van der Waals surface area contributed by atoms with Crippen molar-refractivity contribution in [3.05, 3.63) is 24.3 Å². The Morgan fingerprint density at radius 1 is 1.14 bits per heavy atom. The monoisotopic (exact) mass is 332 g/mol. The van der Waals surface area contributed by atoms with E-state index in [1.807, 2.05) is 6.92 Å². The van der Waals surface area contributed by atoms with Crippen LogP contribution in [0.25, 0.3) is 0 Å². The molecule has 1 atom stereocenters. The van der Waals surface area contributed by atoms with Crippen LogP contribution in [0, 0.1) is 0 Å². The molecule has 6 nitrogen and oxygen atoms in total. The number of nitrogens with two attached hydrogens (primary N) is 1. The van der Waals surface area contributed by atoms with E-state index >= 15 is 0 Å². The van der Waals surface area contributed by atoms with Crippen LogP contribution in [0.5, 0.6) is 0 Å². The zero-order chi connectivity index (χ0) is 15.7. The van der Waals surface area contributed by atoms with Gasteiger partial charge in [-0.1, -0.05) is 25.5 Å². The summed E-state index contributed by atoms with van der Waals surface area (Å²) >= 11 is 0. The van der Waals surface area contributed by atoms with Gasteiger partial charge >= 0.3 is 0 Å². The first-order valence-corrected chi connectivity index (χ1v) is 9.90. The predicted octanol–water partition coefficient (Wildman–Crippen LogP) is 1.29. The van der Waals surface area contributed by atoms with E-state index in [1.165, 1.54) is 28.6 Å². The summed E-state index contributed by atoms with van der Waals surface area (Å²) in [5.41, 5.74) is 0. The van der Waals surface area contributed by atoms with Crippen molar-refractivity contribution >= 4 is 20.0 Å². The van der Waals surface area contributed by atoms with E-state index in [1.54, 1.807) is 0 Å². The molecule has 2 rings (SSSR count). The van der Waals surface area contributed by atoms with Gasteiger partial charge in [-0.25, -0.2) is 22.0 Å². The molecule has 0 amide bonds. The average molecular weight is 332 g/mol. The van der Waals surface area contributed by atoms with Gasteiger partial charge in [-0.05, 0) is 31.4 Å². The molecule has 2 N–H and O–H groups in total. The van der Waals surface area contributed by atoms with Crippen molar-refractivity contribution in [2.24, 2.45) is 5.14 Å². The summed E-state index contributed by atoms with van der Waals surface area (Å²) in [5, 5.41) is 5.14. The van der Waals surface area contributed by atoms with Crippen LogP contribution in [-0.4, -0.2) is 33.7 Å². The van der Waals surface area contributed by atoms with E-state index in [9.17, 15) is 16.8 Å². The normalized spacial score (nSPS) is 21.3. The summed E-state index contributed by atoms with van der Waals surface area (Å²) in [6.45, 7) is 2.35. The maximum Gasteiger partial charge on any atom is 0.244 e. The van der Waals surface area contributed by atoms with Crippen molar-refractivity contribution < 1.29 is 16.8 Å². The van der Waals surface area contributed by atoms with Crippen LogP contribution >= 0.6 is 0 Å². The van der Waals surface area contributed by atoms with Gasteiger partial charge in [0.15, 0.2) is 0 Å². The first kappa shape index (κ1) is 16.4. The molecule has 1 aromatic rings. The maximum absolute atomic E-state index is 12.8. The van der Waals surface area contributed by atoms with E-state index in [2.05, 4.69) is 0 Å². The molecule has 8 heteroatoms. The second-order valence-corrected chi connectivity index (χ2v) is 8.55. The smallest absolute Gasteiger partial charge is 0.225 e. The summed E-state index contributed by atoms with van der Waals surface area (Å²) in [6.07, 6.45) is 3.28. The van der Waals surface area contributed by atoms with Crippen LogP contribution in [0.1, 0.15) is 32.6 Å². The minimum absolute atomic E-state index is 0.0858. The fraction of sp³-hybridized carbons (Fsp3) is 0.538. The van der Waals surface area contributed by atoms with Crippen molar-refractivity contribution in [2.75, 3.05) is 6.54 Å². The molecule has 0 aromatic heterocycles. The number of hydrogen-bond donors (Lipinski definition) is 1. The van der Waals surface area contributed by atoms with Gasteiger partial charge in [-0.2, -0.15) is 4.31 Å². The third kappa shape index (κ3) is 3.28. The lowest BCUT2D eigenvalue weighted by Gasteiger charge is -2.34. The van der Waals surface area contributed by atoms with Crippen LogP contribution in [0.3, 0.4) is 0 Å². The minimum Gasteiger partial charge on any atom is -0.225 e. The highest BCUT2D eigenvalue weighted by atomic mass is 32.2. The van der Waals surface area contributed by atoms with Crippen LogP contribution < -0.4 is 5.14 Å². The molecule has 0 saturated carbocycles. The summed E-state index contributed by atoms with van der Waals surface area (Å²) in [4.78, 5) is -0.571. The van der Waals surface area contributed by atoms with Crippen LogP contribution in [0.15, 0.2) is 34.1 Å². The first-order valence-electron chi connectivity index (χ1n) is 6.92. The van der Waals surface area contributed by atoms with Gasteiger partial charge < -0.3 is 0 Å². The van der Waals surface area contributed by atoms with Gasteiger partial charge in [-0.3, -0.25) is 0 Å². The van der Waals surface area contributed by atoms with E-state index in [4.69, 9.17) is 5.14 Å². The van der Waals surface area contributed by atoms with Gasteiger partial charge in [0, 0.05) is 12.6 Å². The zero-order valence-electron chi connectivity index (χ0n) is 11.9. The number of piperidine rings is 1. The Kier molecular flexibility index (Phi) is 4.72. The zero-order valence-corrected chi connectivity index (χ0v) is 13.5. The fourth-order valence-electron chi connectivity index (χ4n) is 2.72. The third-order valence-electron chi connectivity index (χ3n) is 3.79. The van der Waals surface area contributed by atoms with E-state index in [-0.39, 0.29) is 15.8 Å². The van der Waals surface area contributed by atoms with Gasteiger partial charge in [0.05, 0.1) is 0 Å². The molecular weight excluding hydrogens is 312 g/mol. The van der Waals surface area contributed by atoms with E-state index in [0.29, 0.717) is 13.0 Å². The minimum atomic E-state index is -4.09. The highest BCUT2D eigenvalue weighted by molar-refractivity contribution is 7.92. The number of nitrogens with zero attached hydrogens (tertiary/aromatic N) is 1. The van der Waals surface area contributed by atoms with Crippen molar-refractivity contribution in [2.45, 2.75) is 48.4 Å². The van der Waals surface area contributed by atoms with Crippen LogP contribution in [0.4, 0.5) is 0 Å². The SMILES string of the molecule is CCC1CCCCN1S(=O)(=O)c1ccccc1S(N)(=O)=O. The summed E-state index contributed by atoms with van der Waals surface area (Å²) in [7, 11) is -7.95. The molecule has 1 aromatic carbocycles. The fourth-order valence-corrected chi connectivity index (χ4v) is 5.85. The average Bonchev–Trinajstić information content (AvgIpc) is 2.46. The quantitative estimate of drug-likeness (QED) is 0.898. The number of rotatable bonds is 4. The highest BCUT2D eigenvalue weighted by Crippen LogP contribution is 2.29. The maximum atomic E-state index is 12.8. The molecule has 118 valence electrons. The van der Waals surface area contributed by atoms with Gasteiger partial charge in [0.2, 0.25) is 20.0 Å². The Labute approximate surface area is 126 Å². The molecule has 0 aliphatic carbocycles. The van der Waals surface area contributed by atoms with Gasteiger partial charge in [0.25, 0.3) is 0 Å². The van der Waals surface area contributed by atoms with Crippen molar-refractivity contribution in [3.63, 3.8) is 0 Å². The molecule has 1 saturated heterocycles. The van der Waals surface area contributed by atoms with Gasteiger partial charge in [0.1, 0.15) is 9.79 Å². The molecule has 1 unspecified atom stereocenters. The Morgan fingerprint density at radius 3 is 2.33 bits per heavy atom. The van der Waals surface area contributed by atoms with Crippen molar-refractivity contribution in [1.29, 1.82) is 0 Å². The summed E-state index contributed by atoms with van der Waals surface area (Å²) in [6, 6.07) is 5.42. The van der Waals surface area contributed by atoms with Crippen molar-refractivity contribution in [1.82, 2.24) is 4.31 Å². The topological polar surface area (TPSA) is 97.5 Å². The molecule has 21 heavy (non-hydrogen) atoms. The number of benzene rings is 1. The second kappa shape index (κ2) is 6.04. The standard InChI is InChI=1S/C13H20N2O4S2/c1-2-11-7-5-6-10-15(11)21(18,19)13-9-4-3-8-12(13)20(14,16)17/h3-4,8-9,11H,2,5-7,10H2,1H3,(H2,14,16,17). The van der Waals surface area contributed by atoms with Crippen molar-refractivity contribution in [3.8, 4) is 0 Å². The lowest BCUT2D eigenvalue weighted by molar-refractivity contribution is 0.246. The molecular formula is C13H20N2O4S2. The molecule has 1 aliphatic heterocycles. The molecule has 0 bridgehead atoms. The lowest BCUT2D eigenvalue weighted by atomic mass is 10.0. The first-order chi connectivity index (χ1) is 9.78. The van der Waals surface area contributed by atoms with E-state index < -0.39 is 20.0 Å². The Morgan fingerprint density at radius 2 is 1.76 bits per heavy atom. The number of primary sulfonamides is 1.